The molecule has 0 radical (unpaired) electrons. The van der Waals surface area contributed by atoms with Gasteiger partial charge in [-0.25, -0.2) is 0 Å². The van der Waals surface area contributed by atoms with Crippen molar-refractivity contribution in [3.8, 4) is 0 Å². The Hall–Kier alpha value is -2.51. The van der Waals surface area contributed by atoms with Gasteiger partial charge in [0.15, 0.2) is 0 Å². The van der Waals surface area contributed by atoms with Crippen molar-refractivity contribution in [3.63, 3.8) is 0 Å². The van der Waals surface area contributed by atoms with Crippen molar-refractivity contribution in [2.75, 3.05) is 5.32 Å². The molecule has 0 unspecified atom stereocenters. The number of alkyl halides is 6. The maximum atomic E-state index is 12.9. The number of hydrogen-bond donors (Lipinski definition) is 1. The average Bonchev–Trinajstić information content (AvgIpc) is 2.53. The fraction of sp³-hybridized carbons (Fsp3) is 0.278. The minimum Gasteiger partial charge on any atom is -0.322 e. The summed E-state index contributed by atoms with van der Waals surface area (Å²) in [7, 11) is 0. The first-order chi connectivity index (χ1) is 11.9. The highest BCUT2D eigenvalue weighted by molar-refractivity contribution is 6.05. The van der Waals surface area contributed by atoms with Gasteiger partial charge in [0.25, 0.3) is 5.91 Å². The maximum absolute atomic E-state index is 12.9. The first kappa shape index (κ1) is 19.8. The molecule has 0 heterocycles. The number of carbonyl (C=O) groups excluding carboxylic acids is 1. The molecule has 0 spiro atoms. The normalized spacial score (nSPS) is 12.3. The third-order valence-corrected chi connectivity index (χ3v) is 3.68. The van der Waals surface area contributed by atoms with Crippen molar-refractivity contribution >= 4 is 11.6 Å². The van der Waals surface area contributed by atoms with Crippen LogP contribution in [-0.2, 0) is 12.4 Å². The van der Waals surface area contributed by atoms with Crippen LogP contribution in [0.5, 0.6) is 0 Å². The molecule has 0 atom stereocenters. The van der Waals surface area contributed by atoms with Crippen molar-refractivity contribution in [1.29, 1.82) is 0 Å². The van der Waals surface area contributed by atoms with E-state index in [-0.39, 0.29) is 12.0 Å². The van der Waals surface area contributed by atoms with Gasteiger partial charge in [0, 0.05) is 11.3 Å². The Morgan fingerprint density at radius 3 is 1.85 bits per heavy atom. The third-order valence-electron chi connectivity index (χ3n) is 3.68. The van der Waals surface area contributed by atoms with E-state index in [0.717, 1.165) is 0 Å². The molecule has 0 fully saturated rings. The zero-order valence-electron chi connectivity index (χ0n) is 13.8. The number of rotatable bonds is 3. The molecule has 2 rings (SSSR count). The Morgan fingerprint density at radius 2 is 1.38 bits per heavy atom. The van der Waals surface area contributed by atoms with Gasteiger partial charge in [-0.3, -0.25) is 4.79 Å². The lowest BCUT2D eigenvalue weighted by atomic mass is 10.0. The highest BCUT2D eigenvalue weighted by Crippen LogP contribution is 2.36. The Bertz CT molecular complexity index is 776. The predicted molar refractivity (Wildman–Crippen MR) is 84.9 cm³/mol. The highest BCUT2D eigenvalue weighted by atomic mass is 19.4. The standard InChI is InChI=1S/C18H15F6NO/c1-10(2)14-5-3-4-6-15(14)25-16(26)11-7-12(17(19,20)21)9-13(8-11)18(22,23)24/h3-10H,1-2H3,(H,25,26). The second kappa shape index (κ2) is 7.01. The minimum atomic E-state index is -5.01. The van der Waals surface area contributed by atoms with Gasteiger partial charge < -0.3 is 5.32 Å². The van der Waals surface area contributed by atoms with Crippen LogP contribution >= 0.6 is 0 Å². The van der Waals surface area contributed by atoms with Gasteiger partial charge in [-0.1, -0.05) is 32.0 Å². The van der Waals surface area contributed by atoms with Gasteiger partial charge in [0.2, 0.25) is 0 Å². The average molecular weight is 375 g/mol. The second-order valence-corrected chi connectivity index (χ2v) is 5.99. The molecule has 8 heteroatoms. The topological polar surface area (TPSA) is 29.1 Å². The summed E-state index contributed by atoms with van der Waals surface area (Å²) in [5.41, 5.74) is -2.74. The summed E-state index contributed by atoms with van der Waals surface area (Å²) in [6, 6.07) is 7.37. The fourth-order valence-corrected chi connectivity index (χ4v) is 2.39. The van der Waals surface area contributed by atoms with Crippen molar-refractivity contribution in [2.45, 2.75) is 32.1 Å². The summed E-state index contributed by atoms with van der Waals surface area (Å²) in [5, 5.41) is 2.39. The quantitative estimate of drug-likeness (QED) is 0.646. The molecule has 0 aliphatic heterocycles. The number of hydrogen-bond acceptors (Lipinski definition) is 1. The number of nitrogens with one attached hydrogen (secondary N) is 1. The molecule has 0 saturated carbocycles. The molecular formula is C18H15F6NO. The maximum Gasteiger partial charge on any atom is 0.416 e. The Morgan fingerprint density at radius 1 is 0.885 bits per heavy atom. The number of anilines is 1. The lowest BCUT2D eigenvalue weighted by Gasteiger charge is -2.16. The molecule has 0 aliphatic rings. The molecule has 0 aromatic heterocycles. The number of halogens is 6. The first-order valence-electron chi connectivity index (χ1n) is 7.59. The van der Waals surface area contributed by atoms with Crippen LogP contribution in [-0.4, -0.2) is 5.91 Å². The molecular weight excluding hydrogens is 360 g/mol. The number of benzene rings is 2. The van der Waals surface area contributed by atoms with Crippen LogP contribution in [0.2, 0.25) is 0 Å². The number of carbonyl (C=O) groups is 1. The van der Waals surface area contributed by atoms with Gasteiger partial charge >= 0.3 is 12.4 Å². The van der Waals surface area contributed by atoms with Crippen LogP contribution in [0.15, 0.2) is 42.5 Å². The summed E-state index contributed by atoms with van der Waals surface area (Å²) >= 11 is 0. The van der Waals surface area contributed by atoms with E-state index in [9.17, 15) is 31.1 Å². The van der Waals surface area contributed by atoms with Crippen LogP contribution < -0.4 is 5.32 Å². The van der Waals surface area contributed by atoms with Gasteiger partial charge in [-0.05, 0) is 35.7 Å². The zero-order chi connectivity index (χ0) is 19.7. The van der Waals surface area contributed by atoms with Crippen LogP contribution in [0, 0.1) is 0 Å². The zero-order valence-corrected chi connectivity index (χ0v) is 13.8. The van der Waals surface area contributed by atoms with Gasteiger partial charge in [-0.15, -0.1) is 0 Å². The van der Waals surface area contributed by atoms with E-state index in [1.807, 2.05) is 13.8 Å². The van der Waals surface area contributed by atoms with E-state index in [4.69, 9.17) is 0 Å². The summed E-state index contributed by atoms with van der Waals surface area (Å²) in [5.74, 6) is -1.05. The summed E-state index contributed by atoms with van der Waals surface area (Å²) in [6.45, 7) is 3.69. The third kappa shape index (κ3) is 4.56. The van der Waals surface area contributed by atoms with Crippen LogP contribution in [0.3, 0.4) is 0 Å². The lowest BCUT2D eigenvalue weighted by Crippen LogP contribution is -2.18. The number of para-hydroxylation sites is 1. The Kier molecular flexibility index (Phi) is 5.34. The molecule has 26 heavy (non-hydrogen) atoms. The Labute approximate surface area is 145 Å². The van der Waals surface area contributed by atoms with Crippen molar-refractivity contribution in [1.82, 2.24) is 0 Å². The van der Waals surface area contributed by atoms with Crippen LogP contribution in [0.25, 0.3) is 0 Å². The van der Waals surface area contributed by atoms with E-state index in [1.54, 1.807) is 18.2 Å². The molecule has 1 amide bonds. The fourth-order valence-electron chi connectivity index (χ4n) is 2.39. The van der Waals surface area contributed by atoms with Gasteiger partial charge in [-0.2, -0.15) is 26.3 Å². The molecule has 2 aromatic rings. The summed E-state index contributed by atoms with van der Waals surface area (Å²) in [6.07, 6.45) is -10.0. The van der Waals surface area contributed by atoms with Crippen molar-refractivity contribution in [2.24, 2.45) is 0 Å². The number of amides is 1. The van der Waals surface area contributed by atoms with E-state index < -0.39 is 35.0 Å². The van der Waals surface area contributed by atoms with Crippen LogP contribution in [0.4, 0.5) is 32.0 Å². The van der Waals surface area contributed by atoms with Crippen molar-refractivity contribution in [3.05, 3.63) is 64.7 Å². The van der Waals surface area contributed by atoms with E-state index in [2.05, 4.69) is 5.32 Å². The van der Waals surface area contributed by atoms with Crippen LogP contribution in [0.1, 0.15) is 46.8 Å². The van der Waals surface area contributed by atoms with Gasteiger partial charge in [0.1, 0.15) is 0 Å². The van der Waals surface area contributed by atoms with Crippen molar-refractivity contribution < 1.29 is 31.1 Å². The molecule has 2 aromatic carbocycles. The van der Waals surface area contributed by atoms with E-state index in [1.165, 1.54) is 6.07 Å². The lowest BCUT2D eigenvalue weighted by molar-refractivity contribution is -0.143. The molecule has 0 saturated heterocycles. The largest absolute Gasteiger partial charge is 0.416 e. The van der Waals surface area contributed by atoms with E-state index in [0.29, 0.717) is 23.4 Å². The molecule has 140 valence electrons. The predicted octanol–water partition coefficient (Wildman–Crippen LogP) is 6.10. The first-order valence-corrected chi connectivity index (χ1v) is 7.59. The molecule has 2 nitrogen and oxygen atoms in total. The Balaban J connectivity index is 2.46. The second-order valence-electron chi connectivity index (χ2n) is 5.99. The van der Waals surface area contributed by atoms with E-state index >= 15 is 0 Å². The SMILES string of the molecule is CC(C)c1ccccc1NC(=O)c1cc(C(F)(F)F)cc(C(F)(F)F)c1. The summed E-state index contributed by atoms with van der Waals surface area (Å²) in [4.78, 5) is 12.3. The highest BCUT2D eigenvalue weighted by Gasteiger charge is 2.37. The monoisotopic (exact) mass is 375 g/mol. The summed E-state index contributed by atoms with van der Waals surface area (Å²) < 4.78 is 77.4. The molecule has 0 bridgehead atoms. The molecule has 1 N–H and O–H groups in total. The minimum absolute atomic E-state index is 0.00116. The smallest absolute Gasteiger partial charge is 0.322 e. The van der Waals surface area contributed by atoms with Gasteiger partial charge in [0.05, 0.1) is 11.1 Å². The molecule has 0 aliphatic carbocycles.